The Labute approximate surface area is 189 Å². The third-order valence-electron chi connectivity index (χ3n) is 5.51. The topological polar surface area (TPSA) is 32.3 Å². The number of nitrogens with one attached hydrogen (secondary N) is 1. The lowest BCUT2D eigenvalue weighted by atomic mass is 10.1. The van der Waals surface area contributed by atoms with Crippen LogP contribution in [0.15, 0.2) is 72.8 Å². The van der Waals surface area contributed by atoms with Crippen LogP contribution in [0, 0.1) is 11.8 Å². The molecule has 1 aliphatic rings. The van der Waals surface area contributed by atoms with Crippen LogP contribution in [-0.4, -0.2) is 30.4 Å². The summed E-state index contributed by atoms with van der Waals surface area (Å²) in [6.07, 6.45) is 3.70. The molecular formula is C27H25ClN2O. The summed E-state index contributed by atoms with van der Waals surface area (Å²) in [5, 5.41) is 3.53. The zero-order valence-corrected chi connectivity index (χ0v) is 18.2. The van der Waals surface area contributed by atoms with Gasteiger partial charge in [-0.3, -0.25) is 4.79 Å². The van der Waals surface area contributed by atoms with Gasteiger partial charge in [0, 0.05) is 28.7 Å². The minimum atomic E-state index is -0.322. The molecule has 3 aromatic carbocycles. The van der Waals surface area contributed by atoms with Crippen LogP contribution in [0.4, 0.5) is 5.69 Å². The number of likely N-dealkylation sites (tertiary alicyclic amines) is 1. The van der Waals surface area contributed by atoms with Gasteiger partial charge in [-0.1, -0.05) is 53.9 Å². The summed E-state index contributed by atoms with van der Waals surface area (Å²) >= 11 is 5.94. The summed E-state index contributed by atoms with van der Waals surface area (Å²) in [6, 6.07) is 23.5. The van der Waals surface area contributed by atoms with Crippen molar-refractivity contribution in [3.8, 4) is 23.0 Å². The zero-order chi connectivity index (χ0) is 21.5. The van der Waals surface area contributed by atoms with Crippen LogP contribution in [0.5, 0.6) is 0 Å². The van der Waals surface area contributed by atoms with Crippen molar-refractivity contribution < 1.29 is 4.79 Å². The molecule has 1 N–H and O–H groups in total. The van der Waals surface area contributed by atoms with Crippen LogP contribution in [0.3, 0.4) is 0 Å². The molecule has 0 saturated carbocycles. The summed E-state index contributed by atoms with van der Waals surface area (Å²) in [5.74, 6) is 5.30. The molecule has 0 unspecified atom stereocenters. The molecule has 156 valence electrons. The van der Waals surface area contributed by atoms with E-state index in [1.807, 2.05) is 60.7 Å². The first kappa shape index (κ1) is 21.2. The first-order valence-corrected chi connectivity index (χ1v) is 11.0. The molecule has 1 heterocycles. The van der Waals surface area contributed by atoms with Gasteiger partial charge in [0.25, 0.3) is 0 Å². The second-order valence-electron chi connectivity index (χ2n) is 7.78. The number of hydrogen-bond acceptors (Lipinski definition) is 2. The lowest BCUT2D eigenvalue weighted by Crippen LogP contribution is -2.21. The van der Waals surface area contributed by atoms with Crippen molar-refractivity contribution in [3.63, 3.8) is 0 Å². The maximum atomic E-state index is 12.2. The summed E-state index contributed by atoms with van der Waals surface area (Å²) in [4.78, 5) is 14.7. The molecule has 0 radical (unpaired) electrons. The highest BCUT2D eigenvalue weighted by Crippen LogP contribution is 2.23. The second kappa shape index (κ2) is 10.3. The van der Waals surface area contributed by atoms with Crippen LogP contribution >= 0.6 is 11.6 Å². The molecule has 3 aromatic rings. The standard InChI is InChI=1S/C27H25ClN2O/c28-25-12-8-23(9-13-25)24-10-14-26(15-11-24)29-27(31)16-7-21-3-5-22(6-4-21)17-20-30-18-1-2-19-30/h3-6,8-15H,1-2,17-20H2,(H,29,31). The van der Waals surface area contributed by atoms with Gasteiger partial charge in [-0.15, -0.1) is 0 Å². The summed E-state index contributed by atoms with van der Waals surface area (Å²) in [7, 11) is 0. The van der Waals surface area contributed by atoms with E-state index < -0.39 is 0 Å². The van der Waals surface area contributed by atoms with Gasteiger partial charge in [0.2, 0.25) is 0 Å². The van der Waals surface area contributed by atoms with Gasteiger partial charge in [-0.25, -0.2) is 0 Å². The Balaban J connectivity index is 1.30. The van der Waals surface area contributed by atoms with E-state index in [-0.39, 0.29) is 5.91 Å². The van der Waals surface area contributed by atoms with Gasteiger partial charge in [-0.05, 0) is 85.4 Å². The number of amides is 1. The normalized spacial score (nSPS) is 13.5. The van der Waals surface area contributed by atoms with Crippen molar-refractivity contribution in [2.24, 2.45) is 0 Å². The molecule has 1 fully saturated rings. The number of benzene rings is 3. The predicted molar refractivity (Wildman–Crippen MR) is 128 cm³/mol. The Morgan fingerprint density at radius 1 is 0.871 bits per heavy atom. The van der Waals surface area contributed by atoms with Gasteiger partial charge >= 0.3 is 5.91 Å². The number of nitrogens with zero attached hydrogens (tertiary/aromatic N) is 1. The molecule has 1 amide bonds. The molecular weight excluding hydrogens is 404 g/mol. The Bertz CT molecular complexity index is 1070. The average Bonchev–Trinajstić information content (AvgIpc) is 3.32. The Hall–Kier alpha value is -3.06. The highest BCUT2D eigenvalue weighted by molar-refractivity contribution is 6.30. The number of rotatable bonds is 5. The fraction of sp³-hybridized carbons (Fsp3) is 0.222. The number of anilines is 1. The van der Waals surface area contributed by atoms with E-state index in [1.165, 1.54) is 31.5 Å². The molecule has 1 aliphatic heterocycles. The van der Waals surface area contributed by atoms with Crippen LogP contribution in [0.25, 0.3) is 11.1 Å². The maximum Gasteiger partial charge on any atom is 0.300 e. The molecule has 4 rings (SSSR count). The molecule has 0 spiro atoms. The van der Waals surface area contributed by atoms with Gasteiger partial charge in [-0.2, -0.15) is 0 Å². The Kier molecular flexibility index (Phi) is 7.04. The third kappa shape index (κ3) is 6.21. The number of carbonyl (C=O) groups excluding carboxylic acids is 1. The SMILES string of the molecule is O=C(C#Cc1ccc(CCN2CCCC2)cc1)Nc1ccc(-c2ccc(Cl)cc2)cc1. The van der Waals surface area contributed by atoms with Crippen LogP contribution in [-0.2, 0) is 11.2 Å². The van der Waals surface area contributed by atoms with Crippen molar-refractivity contribution >= 4 is 23.2 Å². The largest absolute Gasteiger partial charge is 0.315 e. The molecule has 31 heavy (non-hydrogen) atoms. The van der Waals surface area contributed by atoms with Gasteiger partial charge in [0.1, 0.15) is 0 Å². The van der Waals surface area contributed by atoms with E-state index in [0.717, 1.165) is 29.7 Å². The molecule has 0 atom stereocenters. The minimum Gasteiger partial charge on any atom is -0.315 e. The first-order chi connectivity index (χ1) is 15.2. The van der Waals surface area contributed by atoms with Crippen LogP contribution in [0.1, 0.15) is 24.0 Å². The highest BCUT2D eigenvalue weighted by atomic mass is 35.5. The van der Waals surface area contributed by atoms with Gasteiger partial charge < -0.3 is 10.2 Å². The van der Waals surface area contributed by atoms with Crippen molar-refractivity contribution in [2.45, 2.75) is 19.3 Å². The summed E-state index contributed by atoms with van der Waals surface area (Å²) in [5.41, 5.74) is 5.01. The molecule has 3 nitrogen and oxygen atoms in total. The molecule has 0 aromatic heterocycles. The summed E-state index contributed by atoms with van der Waals surface area (Å²) in [6.45, 7) is 3.56. The lowest BCUT2D eigenvalue weighted by molar-refractivity contribution is -0.111. The smallest absolute Gasteiger partial charge is 0.300 e. The predicted octanol–water partition coefficient (Wildman–Crippen LogP) is 5.64. The number of halogens is 1. The molecule has 1 saturated heterocycles. The van der Waals surface area contributed by atoms with Crippen molar-refractivity contribution in [2.75, 3.05) is 25.0 Å². The fourth-order valence-corrected chi connectivity index (χ4v) is 3.85. The number of hydrogen-bond donors (Lipinski definition) is 1. The average molecular weight is 429 g/mol. The van der Waals surface area contributed by atoms with Gasteiger partial charge in [0.05, 0.1) is 0 Å². The molecule has 0 aliphatic carbocycles. The first-order valence-electron chi connectivity index (χ1n) is 10.7. The Morgan fingerprint density at radius 3 is 2.13 bits per heavy atom. The second-order valence-corrected chi connectivity index (χ2v) is 8.22. The number of carbonyl (C=O) groups is 1. The maximum absolute atomic E-state index is 12.2. The highest BCUT2D eigenvalue weighted by Gasteiger charge is 2.10. The molecule has 0 bridgehead atoms. The van der Waals surface area contributed by atoms with E-state index in [4.69, 9.17) is 11.6 Å². The Morgan fingerprint density at radius 2 is 1.48 bits per heavy atom. The zero-order valence-electron chi connectivity index (χ0n) is 17.4. The van der Waals surface area contributed by atoms with Crippen molar-refractivity contribution in [3.05, 3.63) is 88.9 Å². The lowest BCUT2D eigenvalue weighted by Gasteiger charge is -2.13. The van der Waals surface area contributed by atoms with Crippen LogP contribution in [0.2, 0.25) is 5.02 Å². The van der Waals surface area contributed by atoms with Gasteiger partial charge in [0.15, 0.2) is 0 Å². The van der Waals surface area contributed by atoms with E-state index in [9.17, 15) is 4.79 Å². The monoisotopic (exact) mass is 428 g/mol. The quantitative estimate of drug-likeness (QED) is 0.533. The van der Waals surface area contributed by atoms with E-state index >= 15 is 0 Å². The minimum absolute atomic E-state index is 0.322. The van der Waals surface area contributed by atoms with E-state index in [0.29, 0.717) is 10.7 Å². The molecule has 4 heteroatoms. The van der Waals surface area contributed by atoms with Crippen molar-refractivity contribution in [1.82, 2.24) is 4.90 Å². The summed E-state index contributed by atoms with van der Waals surface area (Å²) < 4.78 is 0. The fourth-order valence-electron chi connectivity index (χ4n) is 3.73. The third-order valence-corrected chi connectivity index (χ3v) is 5.76. The van der Waals surface area contributed by atoms with E-state index in [2.05, 4.69) is 34.2 Å². The van der Waals surface area contributed by atoms with Crippen LogP contribution < -0.4 is 5.32 Å². The van der Waals surface area contributed by atoms with Crippen molar-refractivity contribution in [1.29, 1.82) is 0 Å². The van der Waals surface area contributed by atoms with E-state index in [1.54, 1.807) is 0 Å².